The van der Waals surface area contributed by atoms with E-state index in [2.05, 4.69) is 15.2 Å². The lowest BCUT2D eigenvalue weighted by atomic mass is 9.85. The lowest BCUT2D eigenvalue weighted by molar-refractivity contribution is -0.155. The highest BCUT2D eigenvalue weighted by Crippen LogP contribution is 2.23. The van der Waals surface area contributed by atoms with Crippen molar-refractivity contribution >= 4 is 18.2 Å². The topological polar surface area (TPSA) is 106 Å². The summed E-state index contributed by atoms with van der Waals surface area (Å²) in [5.74, 6) is -0.982. The molecule has 9 heteroatoms. The van der Waals surface area contributed by atoms with Crippen LogP contribution in [0, 0.1) is 11.3 Å². The third-order valence-corrected chi connectivity index (χ3v) is 6.02. The Labute approximate surface area is 197 Å². The first-order valence-electron chi connectivity index (χ1n) is 11.8. The first-order chi connectivity index (χ1) is 15.7. The standard InChI is InChI=1S/C24H39N5O4/c1-5-6-9-20(17-29(33)18-30)22(31)26-21(24(2,3)4)23(32)28-13-11-27(12-14-28)16-19-8-7-10-25-15-19/h7-8,10,15,18,20-21,33H,5-6,9,11-14,16-17H2,1-4H3,(H,26,31)/t20-,21?/m1/s1. The van der Waals surface area contributed by atoms with Gasteiger partial charge in [0.05, 0.1) is 12.5 Å². The number of nitrogens with one attached hydrogen (secondary N) is 1. The van der Waals surface area contributed by atoms with Crippen LogP contribution >= 0.6 is 0 Å². The number of unbranched alkanes of at least 4 members (excludes halogenated alkanes) is 1. The van der Waals surface area contributed by atoms with E-state index in [1.807, 2.05) is 50.9 Å². The van der Waals surface area contributed by atoms with Gasteiger partial charge in [-0.1, -0.05) is 46.6 Å². The van der Waals surface area contributed by atoms with E-state index in [1.165, 1.54) is 0 Å². The third-order valence-electron chi connectivity index (χ3n) is 6.02. The Hall–Kier alpha value is -2.52. The van der Waals surface area contributed by atoms with Crippen molar-refractivity contribution < 1.29 is 19.6 Å². The number of pyridine rings is 1. The molecular formula is C24H39N5O4. The van der Waals surface area contributed by atoms with Gasteiger partial charge in [-0.2, -0.15) is 0 Å². The van der Waals surface area contributed by atoms with Crippen molar-refractivity contribution in [2.45, 2.75) is 59.5 Å². The summed E-state index contributed by atoms with van der Waals surface area (Å²) in [5.41, 5.74) is 0.654. The van der Waals surface area contributed by atoms with Crippen molar-refractivity contribution in [2.75, 3.05) is 32.7 Å². The Morgan fingerprint density at radius 1 is 1.27 bits per heavy atom. The fraction of sp³-hybridized carbons (Fsp3) is 0.667. The molecule has 1 aliphatic rings. The molecule has 184 valence electrons. The summed E-state index contributed by atoms with van der Waals surface area (Å²) in [4.78, 5) is 45.6. The van der Waals surface area contributed by atoms with E-state index in [0.29, 0.717) is 31.0 Å². The average Bonchev–Trinajstić information content (AvgIpc) is 2.79. The second-order valence-electron chi connectivity index (χ2n) is 9.84. The number of hydroxylamine groups is 2. The third kappa shape index (κ3) is 8.40. The summed E-state index contributed by atoms with van der Waals surface area (Å²) in [5, 5.41) is 13.0. The van der Waals surface area contributed by atoms with Gasteiger partial charge in [0.25, 0.3) is 0 Å². The summed E-state index contributed by atoms with van der Waals surface area (Å²) in [6, 6.07) is 3.27. The van der Waals surface area contributed by atoms with Gasteiger partial charge in [0, 0.05) is 45.1 Å². The Kier molecular flexibility index (Phi) is 10.2. The lowest BCUT2D eigenvalue weighted by Gasteiger charge is -2.40. The number of nitrogens with zero attached hydrogens (tertiary/aromatic N) is 4. The Balaban J connectivity index is 2.01. The Bertz CT molecular complexity index is 760. The maximum atomic E-state index is 13.4. The second-order valence-corrected chi connectivity index (χ2v) is 9.84. The number of carbonyl (C=O) groups is 3. The molecule has 1 aromatic rings. The average molecular weight is 462 g/mol. The zero-order valence-electron chi connectivity index (χ0n) is 20.4. The van der Waals surface area contributed by atoms with Crippen molar-refractivity contribution in [2.24, 2.45) is 11.3 Å². The van der Waals surface area contributed by atoms with E-state index in [1.54, 1.807) is 6.20 Å². The second kappa shape index (κ2) is 12.6. The van der Waals surface area contributed by atoms with Gasteiger partial charge in [-0.3, -0.25) is 29.5 Å². The van der Waals surface area contributed by atoms with E-state index in [9.17, 15) is 19.6 Å². The van der Waals surface area contributed by atoms with Crippen LogP contribution in [0.1, 0.15) is 52.5 Å². The van der Waals surface area contributed by atoms with Crippen LogP contribution in [0.5, 0.6) is 0 Å². The molecule has 0 spiro atoms. The zero-order valence-corrected chi connectivity index (χ0v) is 20.4. The Morgan fingerprint density at radius 3 is 2.52 bits per heavy atom. The van der Waals surface area contributed by atoms with E-state index < -0.39 is 17.4 Å². The van der Waals surface area contributed by atoms with E-state index in [4.69, 9.17) is 0 Å². The van der Waals surface area contributed by atoms with Crippen LogP contribution in [-0.2, 0) is 20.9 Å². The maximum absolute atomic E-state index is 13.4. The predicted octanol–water partition coefficient (Wildman–Crippen LogP) is 1.91. The van der Waals surface area contributed by atoms with E-state index in [0.717, 1.165) is 38.0 Å². The first kappa shape index (κ1) is 26.7. The van der Waals surface area contributed by atoms with Crippen LogP contribution in [0.4, 0.5) is 0 Å². The molecule has 1 fully saturated rings. The van der Waals surface area contributed by atoms with Gasteiger partial charge in [0.1, 0.15) is 6.04 Å². The van der Waals surface area contributed by atoms with Crippen molar-refractivity contribution in [1.82, 2.24) is 25.2 Å². The monoisotopic (exact) mass is 461 g/mol. The number of hydrogen-bond acceptors (Lipinski definition) is 6. The predicted molar refractivity (Wildman–Crippen MR) is 125 cm³/mol. The largest absolute Gasteiger partial charge is 0.344 e. The number of aromatic nitrogens is 1. The van der Waals surface area contributed by atoms with E-state index >= 15 is 0 Å². The molecule has 33 heavy (non-hydrogen) atoms. The molecule has 2 atom stereocenters. The SMILES string of the molecule is CCCC[C@H](CN(O)C=O)C(=O)NC(C(=O)N1CCN(Cc2cccnc2)CC1)C(C)(C)C. The van der Waals surface area contributed by atoms with Gasteiger partial charge in [0.15, 0.2) is 0 Å². The van der Waals surface area contributed by atoms with Crippen LogP contribution in [0.25, 0.3) is 0 Å². The van der Waals surface area contributed by atoms with Gasteiger partial charge in [-0.15, -0.1) is 0 Å². The van der Waals surface area contributed by atoms with Crippen LogP contribution in [0.2, 0.25) is 0 Å². The molecule has 1 saturated heterocycles. The van der Waals surface area contributed by atoms with Crippen LogP contribution < -0.4 is 5.32 Å². The summed E-state index contributed by atoms with van der Waals surface area (Å²) < 4.78 is 0. The molecule has 0 saturated carbocycles. The summed E-state index contributed by atoms with van der Waals surface area (Å²) in [6.07, 6.45) is 6.12. The minimum Gasteiger partial charge on any atom is -0.344 e. The van der Waals surface area contributed by atoms with Gasteiger partial charge >= 0.3 is 0 Å². The van der Waals surface area contributed by atoms with Crippen molar-refractivity contribution in [3.05, 3.63) is 30.1 Å². The zero-order chi connectivity index (χ0) is 24.4. The van der Waals surface area contributed by atoms with Crippen molar-refractivity contribution in [1.29, 1.82) is 0 Å². The molecule has 0 aliphatic carbocycles. The van der Waals surface area contributed by atoms with Gasteiger partial charge in [-0.05, 0) is 23.5 Å². The molecule has 0 bridgehead atoms. The first-order valence-corrected chi connectivity index (χ1v) is 11.8. The van der Waals surface area contributed by atoms with Gasteiger partial charge in [-0.25, -0.2) is 5.06 Å². The smallest absolute Gasteiger partial charge is 0.245 e. The van der Waals surface area contributed by atoms with E-state index in [-0.39, 0.29) is 18.4 Å². The number of carbonyl (C=O) groups excluding carboxylic acids is 3. The molecule has 0 aromatic carbocycles. The van der Waals surface area contributed by atoms with Gasteiger partial charge in [0.2, 0.25) is 18.2 Å². The molecule has 3 amide bonds. The number of hydrogen-bond donors (Lipinski definition) is 2. The van der Waals surface area contributed by atoms with Crippen LogP contribution in [0.15, 0.2) is 24.5 Å². The molecule has 9 nitrogen and oxygen atoms in total. The van der Waals surface area contributed by atoms with Gasteiger partial charge < -0.3 is 10.2 Å². The molecule has 0 radical (unpaired) electrons. The quantitative estimate of drug-likeness (QED) is 0.296. The maximum Gasteiger partial charge on any atom is 0.245 e. The fourth-order valence-corrected chi connectivity index (χ4v) is 3.99. The minimum atomic E-state index is -0.692. The van der Waals surface area contributed by atoms with Crippen LogP contribution in [-0.4, -0.2) is 82.0 Å². The molecule has 2 N–H and O–H groups in total. The lowest BCUT2D eigenvalue weighted by Crippen LogP contribution is -2.59. The Morgan fingerprint density at radius 2 is 1.97 bits per heavy atom. The molecule has 1 aromatic heterocycles. The highest BCUT2D eigenvalue weighted by Gasteiger charge is 2.38. The van der Waals surface area contributed by atoms with Crippen molar-refractivity contribution in [3.63, 3.8) is 0 Å². The number of piperazine rings is 1. The number of rotatable bonds is 11. The summed E-state index contributed by atoms with van der Waals surface area (Å²) >= 11 is 0. The normalized spacial score (nSPS) is 16.7. The number of amides is 3. The molecular weight excluding hydrogens is 422 g/mol. The molecule has 1 aliphatic heterocycles. The molecule has 1 unspecified atom stereocenters. The van der Waals surface area contributed by atoms with Crippen LogP contribution in [0.3, 0.4) is 0 Å². The highest BCUT2D eigenvalue weighted by molar-refractivity contribution is 5.89. The molecule has 2 rings (SSSR count). The minimum absolute atomic E-state index is 0.0899. The summed E-state index contributed by atoms with van der Waals surface area (Å²) in [6.45, 7) is 11.2. The highest BCUT2D eigenvalue weighted by atomic mass is 16.5. The van der Waals surface area contributed by atoms with Crippen molar-refractivity contribution in [3.8, 4) is 0 Å². The summed E-state index contributed by atoms with van der Waals surface area (Å²) in [7, 11) is 0. The fourth-order valence-electron chi connectivity index (χ4n) is 3.99. The molecule has 2 heterocycles.